The normalized spacial score (nSPS) is 14.9. The molecule has 0 radical (unpaired) electrons. The van der Waals surface area contributed by atoms with Crippen molar-refractivity contribution in [3.05, 3.63) is 63.6 Å². The van der Waals surface area contributed by atoms with Crippen LogP contribution in [0.4, 0.5) is 10.5 Å². The van der Waals surface area contributed by atoms with Crippen molar-refractivity contribution < 1.29 is 9.59 Å². The highest BCUT2D eigenvalue weighted by molar-refractivity contribution is 6.35. The molecule has 2 aromatic rings. The smallest absolute Gasteiger partial charge is 0.321 e. The van der Waals surface area contributed by atoms with Crippen LogP contribution < -0.4 is 10.2 Å². The molecule has 0 saturated carbocycles. The number of amides is 3. The van der Waals surface area contributed by atoms with E-state index in [0.29, 0.717) is 28.7 Å². The summed E-state index contributed by atoms with van der Waals surface area (Å²) in [6.45, 7) is 3.16. The minimum absolute atomic E-state index is 0.118. The Labute approximate surface area is 162 Å². The number of nitrogens with zero attached hydrogens (tertiary/aromatic N) is 2. The zero-order valence-electron chi connectivity index (χ0n) is 14.5. The number of urea groups is 1. The molecule has 3 rings (SSSR count). The molecule has 1 aliphatic rings. The van der Waals surface area contributed by atoms with Crippen LogP contribution in [0.1, 0.15) is 28.9 Å². The van der Waals surface area contributed by atoms with Crippen LogP contribution in [0.2, 0.25) is 10.0 Å². The van der Waals surface area contributed by atoms with Gasteiger partial charge in [-0.2, -0.15) is 0 Å². The molecule has 2 aromatic carbocycles. The maximum absolute atomic E-state index is 12.8. The van der Waals surface area contributed by atoms with E-state index in [4.69, 9.17) is 23.2 Å². The Hall–Kier alpha value is -2.24. The molecule has 1 heterocycles. The van der Waals surface area contributed by atoms with Crippen LogP contribution in [0.3, 0.4) is 0 Å². The largest absolute Gasteiger partial charge is 0.336 e. The summed E-state index contributed by atoms with van der Waals surface area (Å²) in [5.41, 5.74) is 2.15. The van der Waals surface area contributed by atoms with Crippen LogP contribution in [0.25, 0.3) is 0 Å². The molecular formula is C19H19Cl2N3O2. The first-order valence-electron chi connectivity index (χ1n) is 8.26. The van der Waals surface area contributed by atoms with E-state index in [9.17, 15) is 9.59 Å². The number of anilines is 1. The summed E-state index contributed by atoms with van der Waals surface area (Å²) in [6, 6.07) is 12.0. The lowest BCUT2D eigenvalue weighted by Gasteiger charge is -2.26. The Morgan fingerprint density at radius 3 is 2.46 bits per heavy atom. The minimum Gasteiger partial charge on any atom is -0.336 e. The number of carbonyl (C=O) groups is 2. The van der Waals surface area contributed by atoms with E-state index in [1.165, 1.54) is 0 Å². The summed E-state index contributed by atoms with van der Waals surface area (Å²) < 4.78 is 0. The Balaban J connectivity index is 1.76. The molecule has 1 saturated heterocycles. The quantitative estimate of drug-likeness (QED) is 0.841. The van der Waals surface area contributed by atoms with E-state index in [-0.39, 0.29) is 18.0 Å². The average molecular weight is 392 g/mol. The Kier molecular flexibility index (Phi) is 5.39. The molecule has 0 aromatic heterocycles. The predicted octanol–water partition coefficient (Wildman–Crippen LogP) is 4.36. The fourth-order valence-electron chi connectivity index (χ4n) is 2.93. The van der Waals surface area contributed by atoms with Crippen LogP contribution in [-0.2, 0) is 0 Å². The lowest BCUT2D eigenvalue weighted by molar-refractivity contribution is 0.0743. The molecule has 0 bridgehead atoms. The van der Waals surface area contributed by atoms with Gasteiger partial charge in [0.15, 0.2) is 0 Å². The van der Waals surface area contributed by atoms with E-state index in [1.54, 1.807) is 53.2 Å². The number of hydrogen-bond donors (Lipinski definition) is 1. The van der Waals surface area contributed by atoms with Gasteiger partial charge in [-0.05, 0) is 48.9 Å². The topological polar surface area (TPSA) is 52.7 Å². The standard InChI is InChI=1S/C19H19Cl2N3O2/c1-12(16-8-5-14(20)11-17(16)21)23(2)18(25)13-3-6-15(7-4-13)24-10-9-22-19(24)26/h3-8,11-12H,9-10H2,1-2H3,(H,22,26). The molecule has 3 amide bonds. The van der Waals surface area contributed by atoms with E-state index < -0.39 is 0 Å². The van der Waals surface area contributed by atoms with Crippen LogP contribution in [0.15, 0.2) is 42.5 Å². The summed E-state index contributed by atoms with van der Waals surface area (Å²) in [5.74, 6) is -0.124. The molecule has 1 fully saturated rings. The summed E-state index contributed by atoms with van der Waals surface area (Å²) in [7, 11) is 1.74. The lowest BCUT2D eigenvalue weighted by atomic mass is 10.1. The zero-order chi connectivity index (χ0) is 18.8. The molecule has 7 heteroatoms. The van der Waals surface area contributed by atoms with E-state index >= 15 is 0 Å². The van der Waals surface area contributed by atoms with Gasteiger partial charge < -0.3 is 10.2 Å². The number of benzene rings is 2. The van der Waals surface area contributed by atoms with Gasteiger partial charge in [0, 0.05) is 41.4 Å². The Morgan fingerprint density at radius 1 is 1.19 bits per heavy atom. The number of halogens is 2. The SMILES string of the molecule is CC(c1ccc(Cl)cc1Cl)N(C)C(=O)c1ccc(N2CCNC2=O)cc1. The number of hydrogen-bond acceptors (Lipinski definition) is 2. The fraction of sp³-hybridized carbons (Fsp3) is 0.263. The van der Waals surface area contributed by atoms with Crippen molar-refractivity contribution >= 4 is 40.8 Å². The fourth-order valence-corrected chi connectivity index (χ4v) is 3.50. The first-order chi connectivity index (χ1) is 12.4. The maximum atomic E-state index is 12.8. The molecule has 1 unspecified atom stereocenters. The predicted molar refractivity (Wildman–Crippen MR) is 104 cm³/mol. The molecule has 136 valence electrons. The van der Waals surface area contributed by atoms with Crippen molar-refractivity contribution in [2.24, 2.45) is 0 Å². The third-order valence-electron chi connectivity index (χ3n) is 4.60. The second-order valence-corrected chi connectivity index (χ2v) is 7.03. The van der Waals surface area contributed by atoms with Gasteiger partial charge in [0.25, 0.3) is 5.91 Å². The molecule has 0 aliphatic carbocycles. The van der Waals surface area contributed by atoms with E-state index in [2.05, 4.69) is 5.32 Å². The first-order valence-corrected chi connectivity index (χ1v) is 9.01. The maximum Gasteiger partial charge on any atom is 0.321 e. The van der Waals surface area contributed by atoms with Gasteiger partial charge in [-0.15, -0.1) is 0 Å². The molecule has 26 heavy (non-hydrogen) atoms. The van der Waals surface area contributed by atoms with Crippen molar-refractivity contribution in [2.75, 3.05) is 25.0 Å². The summed E-state index contributed by atoms with van der Waals surface area (Å²) in [6.07, 6.45) is 0. The van der Waals surface area contributed by atoms with Crippen molar-refractivity contribution in [3.63, 3.8) is 0 Å². The number of rotatable bonds is 4. The zero-order valence-corrected chi connectivity index (χ0v) is 16.0. The van der Waals surface area contributed by atoms with Gasteiger partial charge >= 0.3 is 6.03 Å². The average Bonchev–Trinajstić information content (AvgIpc) is 3.06. The van der Waals surface area contributed by atoms with Crippen LogP contribution >= 0.6 is 23.2 Å². The third kappa shape index (κ3) is 3.64. The summed E-state index contributed by atoms with van der Waals surface area (Å²) in [5, 5.41) is 3.84. The monoisotopic (exact) mass is 391 g/mol. The number of carbonyl (C=O) groups excluding carboxylic acids is 2. The van der Waals surface area contributed by atoms with E-state index in [1.807, 2.05) is 13.0 Å². The molecule has 0 spiro atoms. The van der Waals surface area contributed by atoms with Crippen LogP contribution in [-0.4, -0.2) is 37.0 Å². The highest BCUT2D eigenvalue weighted by Gasteiger charge is 2.23. The van der Waals surface area contributed by atoms with Gasteiger partial charge in [0.05, 0.1) is 6.04 Å². The molecular weight excluding hydrogens is 373 g/mol. The van der Waals surface area contributed by atoms with Crippen LogP contribution in [0.5, 0.6) is 0 Å². The third-order valence-corrected chi connectivity index (χ3v) is 5.16. The molecule has 1 N–H and O–H groups in total. The van der Waals surface area contributed by atoms with E-state index in [0.717, 1.165) is 11.3 Å². The second kappa shape index (κ2) is 7.56. The highest BCUT2D eigenvalue weighted by atomic mass is 35.5. The van der Waals surface area contributed by atoms with Gasteiger partial charge in [0.2, 0.25) is 0 Å². The first kappa shape index (κ1) is 18.5. The molecule has 5 nitrogen and oxygen atoms in total. The summed E-state index contributed by atoms with van der Waals surface area (Å²) >= 11 is 12.2. The highest BCUT2D eigenvalue weighted by Crippen LogP contribution is 2.30. The lowest BCUT2D eigenvalue weighted by Crippen LogP contribution is -2.30. The van der Waals surface area contributed by atoms with Crippen molar-refractivity contribution in [2.45, 2.75) is 13.0 Å². The van der Waals surface area contributed by atoms with Crippen molar-refractivity contribution in [1.82, 2.24) is 10.2 Å². The van der Waals surface area contributed by atoms with Crippen molar-refractivity contribution in [1.29, 1.82) is 0 Å². The van der Waals surface area contributed by atoms with Gasteiger partial charge in [-0.1, -0.05) is 29.3 Å². The van der Waals surface area contributed by atoms with Gasteiger partial charge in [-0.3, -0.25) is 9.69 Å². The summed E-state index contributed by atoms with van der Waals surface area (Å²) in [4.78, 5) is 27.8. The van der Waals surface area contributed by atoms with Gasteiger partial charge in [-0.25, -0.2) is 4.79 Å². The molecule has 1 atom stereocenters. The van der Waals surface area contributed by atoms with Gasteiger partial charge in [0.1, 0.15) is 0 Å². The Bertz CT molecular complexity index is 839. The van der Waals surface area contributed by atoms with Crippen LogP contribution in [0, 0.1) is 0 Å². The minimum atomic E-state index is -0.212. The number of nitrogens with one attached hydrogen (secondary N) is 1. The van der Waals surface area contributed by atoms with Crippen molar-refractivity contribution in [3.8, 4) is 0 Å². The second-order valence-electron chi connectivity index (χ2n) is 6.19. The Morgan fingerprint density at radius 2 is 1.88 bits per heavy atom. The molecule has 1 aliphatic heterocycles.